The van der Waals surface area contributed by atoms with Gasteiger partial charge in [0.05, 0.1) is 6.54 Å². The number of nitrogens with one attached hydrogen (secondary N) is 1. The second kappa shape index (κ2) is 6.83. The zero-order valence-electron chi connectivity index (χ0n) is 12.6. The monoisotopic (exact) mass is 289 g/mol. The van der Waals surface area contributed by atoms with Crippen molar-refractivity contribution in [3.63, 3.8) is 0 Å². The molecular formula is C16H23N3O2. The number of anilines is 1. The number of ketones is 1. The lowest BCUT2D eigenvalue weighted by Gasteiger charge is -2.34. The van der Waals surface area contributed by atoms with Gasteiger partial charge in [-0.15, -0.1) is 0 Å². The second-order valence-electron chi connectivity index (χ2n) is 5.85. The van der Waals surface area contributed by atoms with Gasteiger partial charge < -0.3 is 11.1 Å². The topological polar surface area (TPSA) is 75.4 Å². The number of benzene rings is 1. The number of piperidine rings is 1. The minimum atomic E-state index is -0.0340. The molecule has 21 heavy (non-hydrogen) atoms. The van der Waals surface area contributed by atoms with E-state index in [2.05, 4.69) is 17.1 Å². The number of hydrogen-bond acceptors (Lipinski definition) is 4. The van der Waals surface area contributed by atoms with Crippen LogP contribution in [0.5, 0.6) is 0 Å². The van der Waals surface area contributed by atoms with Gasteiger partial charge in [-0.2, -0.15) is 0 Å². The molecule has 3 N–H and O–H groups in total. The largest absolute Gasteiger partial charge is 0.327 e. The molecule has 1 aromatic carbocycles. The first-order valence-electron chi connectivity index (χ1n) is 7.34. The number of carbonyl (C=O) groups is 2. The van der Waals surface area contributed by atoms with E-state index in [1.165, 1.54) is 6.92 Å². The Bertz CT molecular complexity index is 513. The first-order valence-corrected chi connectivity index (χ1v) is 7.34. The summed E-state index contributed by atoms with van der Waals surface area (Å²) in [4.78, 5) is 25.4. The highest BCUT2D eigenvalue weighted by molar-refractivity contribution is 5.96. The van der Waals surface area contributed by atoms with E-state index in [0.29, 0.717) is 23.7 Å². The first kappa shape index (κ1) is 15.7. The molecule has 0 radical (unpaired) electrons. The third-order valence-electron chi connectivity index (χ3n) is 4.00. The molecule has 5 heteroatoms. The molecule has 1 heterocycles. The van der Waals surface area contributed by atoms with Gasteiger partial charge in [0.15, 0.2) is 5.78 Å². The van der Waals surface area contributed by atoms with Gasteiger partial charge in [-0.05, 0) is 43.5 Å². The molecule has 0 aromatic heterocycles. The van der Waals surface area contributed by atoms with Crippen molar-refractivity contribution in [2.45, 2.75) is 26.3 Å². The lowest BCUT2D eigenvalue weighted by molar-refractivity contribution is -0.117. The third kappa shape index (κ3) is 4.37. The van der Waals surface area contributed by atoms with Gasteiger partial charge in [0.1, 0.15) is 0 Å². The average Bonchev–Trinajstić information content (AvgIpc) is 2.43. The summed E-state index contributed by atoms with van der Waals surface area (Å²) in [5, 5.41) is 2.86. The lowest BCUT2D eigenvalue weighted by atomic mass is 9.95. The molecule has 1 saturated heterocycles. The Kier molecular flexibility index (Phi) is 5.09. The molecule has 0 bridgehead atoms. The van der Waals surface area contributed by atoms with Gasteiger partial charge in [-0.3, -0.25) is 14.5 Å². The van der Waals surface area contributed by atoms with Crippen molar-refractivity contribution in [3.05, 3.63) is 29.8 Å². The van der Waals surface area contributed by atoms with Crippen LogP contribution in [0.3, 0.4) is 0 Å². The maximum absolute atomic E-state index is 12.0. The standard InChI is InChI=1S/C16H23N3O2/c1-11-9-19(8-7-15(11)17)10-16(21)18-14-5-3-13(4-6-14)12(2)20/h3-6,11,15H,7-10,17H2,1-2H3,(H,18,21). The molecule has 1 aliphatic rings. The van der Waals surface area contributed by atoms with Crippen molar-refractivity contribution in [1.82, 2.24) is 4.90 Å². The first-order chi connectivity index (χ1) is 9.95. The van der Waals surface area contributed by atoms with Gasteiger partial charge >= 0.3 is 0 Å². The van der Waals surface area contributed by atoms with Crippen molar-refractivity contribution in [3.8, 4) is 0 Å². The lowest BCUT2D eigenvalue weighted by Crippen LogP contribution is -2.48. The minimum absolute atomic E-state index is 0.0199. The van der Waals surface area contributed by atoms with Crippen molar-refractivity contribution in [2.24, 2.45) is 11.7 Å². The summed E-state index contributed by atoms with van der Waals surface area (Å²) < 4.78 is 0. The summed E-state index contributed by atoms with van der Waals surface area (Å²) in [5.74, 6) is 0.404. The van der Waals surface area contributed by atoms with E-state index >= 15 is 0 Å². The van der Waals surface area contributed by atoms with Crippen LogP contribution in [0, 0.1) is 5.92 Å². The summed E-state index contributed by atoms with van der Waals surface area (Å²) in [6.07, 6.45) is 0.932. The number of rotatable bonds is 4. The highest BCUT2D eigenvalue weighted by Gasteiger charge is 2.24. The average molecular weight is 289 g/mol. The molecule has 1 aliphatic heterocycles. The Morgan fingerprint density at radius 3 is 2.57 bits per heavy atom. The zero-order chi connectivity index (χ0) is 15.4. The van der Waals surface area contributed by atoms with Crippen molar-refractivity contribution < 1.29 is 9.59 Å². The molecule has 5 nitrogen and oxygen atoms in total. The number of nitrogens with zero attached hydrogens (tertiary/aromatic N) is 1. The number of nitrogens with two attached hydrogens (primary N) is 1. The van der Waals surface area contributed by atoms with Crippen LogP contribution in [0.15, 0.2) is 24.3 Å². The van der Waals surface area contributed by atoms with Gasteiger partial charge in [-0.25, -0.2) is 0 Å². The highest BCUT2D eigenvalue weighted by Crippen LogP contribution is 2.15. The Labute approximate surface area is 125 Å². The fraction of sp³-hybridized carbons (Fsp3) is 0.500. The summed E-state index contributed by atoms with van der Waals surface area (Å²) in [5.41, 5.74) is 7.34. The van der Waals surface area contributed by atoms with Gasteiger partial charge in [0.2, 0.25) is 5.91 Å². The normalized spacial score (nSPS) is 22.8. The predicted molar refractivity (Wildman–Crippen MR) is 83.3 cm³/mol. The molecule has 0 aliphatic carbocycles. The van der Waals surface area contributed by atoms with Crippen LogP contribution in [0.25, 0.3) is 0 Å². The quantitative estimate of drug-likeness (QED) is 0.824. The molecule has 1 aromatic rings. The van der Waals surface area contributed by atoms with E-state index in [0.717, 1.165) is 19.5 Å². The van der Waals surface area contributed by atoms with Gasteiger partial charge in [0.25, 0.3) is 0 Å². The summed E-state index contributed by atoms with van der Waals surface area (Å²) in [6, 6.07) is 7.19. The SMILES string of the molecule is CC(=O)c1ccc(NC(=O)CN2CCC(N)C(C)C2)cc1. The Morgan fingerprint density at radius 2 is 2.00 bits per heavy atom. The van der Waals surface area contributed by atoms with Gasteiger partial charge in [0, 0.05) is 30.4 Å². The molecule has 2 unspecified atom stereocenters. The Balaban J connectivity index is 1.85. The predicted octanol–water partition coefficient (Wildman–Crippen LogP) is 1.50. The molecule has 2 atom stereocenters. The fourth-order valence-corrected chi connectivity index (χ4v) is 2.59. The van der Waals surface area contributed by atoms with Crippen LogP contribution in [0.2, 0.25) is 0 Å². The van der Waals surface area contributed by atoms with Gasteiger partial charge in [-0.1, -0.05) is 6.92 Å². The van der Waals surface area contributed by atoms with E-state index < -0.39 is 0 Å². The van der Waals surface area contributed by atoms with Crippen molar-refractivity contribution in [2.75, 3.05) is 25.0 Å². The summed E-state index contributed by atoms with van der Waals surface area (Å²) >= 11 is 0. The molecular weight excluding hydrogens is 266 g/mol. The Hall–Kier alpha value is -1.72. The second-order valence-corrected chi connectivity index (χ2v) is 5.85. The zero-order valence-corrected chi connectivity index (χ0v) is 12.6. The van der Waals surface area contributed by atoms with Crippen LogP contribution in [-0.2, 0) is 4.79 Å². The number of Topliss-reactive ketones (excluding diaryl/α,β-unsaturated/α-hetero) is 1. The maximum Gasteiger partial charge on any atom is 0.238 e. The molecule has 0 spiro atoms. The number of likely N-dealkylation sites (tertiary alicyclic amines) is 1. The van der Waals surface area contributed by atoms with Crippen LogP contribution in [0.1, 0.15) is 30.6 Å². The number of carbonyl (C=O) groups excluding carboxylic acids is 2. The van der Waals surface area contributed by atoms with E-state index in [4.69, 9.17) is 5.73 Å². The van der Waals surface area contributed by atoms with Crippen LogP contribution in [-0.4, -0.2) is 42.3 Å². The molecule has 114 valence electrons. The summed E-state index contributed by atoms with van der Waals surface area (Å²) in [6.45, 7) is 5.75. The number of amides is 1. The van der Waals surface area contributed by atoms with Crippen LogP contribution >= 0.6 is 0 Å². The van der Waals surface area contributed by atoms with Crippen LogP contribution in [0.4, 0.5) is 5.69 Å². The van der Waals surface area contributed by atoms with E-state index in [9.17, 15) is 9.59 Å². The fourth-order valence-electron chi connectivity index (χ4n) is 2.59. The third-order valence-corrected chi connectivity index (χ3v) is 4.00. The Morgan fingerprint density at radius 1 is 1.33 bits per heavy atom. The molecule has 0 saturated carbocycles. The van der Waals surface area contributed by atoms with Crippen molar-refractivity contribution in [1.29, 1.82) is 0 Å². The summed E-state index contributed by atoms with van der Waals surface area (Å²) in [7, 11) is 0. The molecule has 1 amide bonds. The smallest absolute Gasteiger partial charge is 0.238 e. The highest BCUT2D eigenvalue weighted by atomic mass is 16.2. The number of hydrogen-bond donors (Lipinski definition) is 2. The minimum Gasteiger partial charge on any atom is -0.327 e. The van der Waals surface area contributed by atoms with Crippen molar-refractivity contribution >= 4 is 17.4 Å². The maximum atomic E-state index is 12.0. The molecule has 1 fully saturated rings. The van der Waals surface area contributed by atoms with E-state index in [1.54, 1.807) is 24.3 Å². The van der Waals surface area contributed by atoms with E-state index in [-0.39, 0.29) is 17.7 Å². The molecule has 2 rings (SSSR count). The van der Waals surface area contributed by atoms with Crippen LogP contribution < -0.4 is 11.1 Å². The van der Waals surface area contributed by atoms with E-state index in [1.807, 2.05) is 0 Å².